The van der Waals surface area contributed by atoms with Crippen LogP contribution in [0.1, 0.15) is 23.2 Å². The lowest BCUT2D eigenvalue weighted by atomic mass is 10.1. The summed E-state index contributed by atoms with van der Waals surface area (Å²) < 4.78 is 10.5. The summed E-state index contributed by atoms with van der Waals surface area (Å²) in [4.78, 5) is 24.0. The lowest BCUT2D eigenvalue weighted by Gasteiger charge is -2.01. The van der Waals surface area contributed by atoms with Crippen LogP contribution in [-0.4, -0.2) is 32.6 Å². The Morgan fingerprint density at radius 1 is 1.26 bits per heavy atom. The van der Waals surface area contributed by atoms with Crippen LogP contribution in [-0.2, 0) is 6.54 Å². The molecule has 27 heavy (non-hydrogen) atoms. The van der Waals surface area contributed by atoms with Crippen molar-refractivity contribution >= 4 is 16.8 Å². The molecule has 8 nitrogen and oxygen atoms in total. The topological polar surface area (TPSA) is 106 Å². The van der Waals surface area contributed by atoms with Crippen molar-refractivity contribution < 1.29 is 14.1 Å². The van der Waals surface area contributed by atoms with E-state index < -0.39 is 0 Å². The second kappa shape index (κ2) is 7.28. The van der Waals surface area contributed by atoms with E-state index >= 15 is 0 Å². The fourth-order valence-electron chi connectivity index (χ4n) is 2.70. The number of amides is 1. The standard InChI is InChI=1S/C19H17N5O3/c1-2-26-16-8-7-12(9-21-16)18-23-17(27-24-18)11-22-19(25)14-10-20-15-6-4-3-5-13(14)15/h3-10,20H,2,11H2,1H3,(H,22,25). The summed E-state index contributed by atoms with van der Waals surface area (Å²) in [5.41, 5.74) is 2.18. The maximum Gasteiger partial charge on any atom is 0.253 e. The van der Waals surface area contributed by atoms with E-state index in [-0.39, 0.29) is 12.5 Å². The van der Waals surface area contributed by atoms with Gasteiger partial charge in [-0.15, -0.1) is 0 Å². The van der Waals surface area contributed by atoms with Crippen LogP contribution in [0, 0.1) is 0 Å². The predicted octanol–water partition coefficient (Wildman–Crippen LogP) is 2.94. The molecular weight excluding hydrogens is 346 g/mol. The first-order valence-electron chi connectivity index (χ1n) is 8.50. The normalized spacial score (nSPS) is 10.9. The number of aromatic amines is 1. The van der Waals surface area contributed by atoms with Gasteiger partial charge in [0.25, 0.3) is 5.91 Å². The number of rotatable bonds is 6. The maximum absolute atomic E-state index is 12.4. The molecule has 2 N–H and O–H groups in total. The van der Waals surface area contributed by atoms with Gasteiger partial charge in [-0.05, 0) is 19.1 Å². The molecule has 0 saturated carbocycles. The fraction of sp³-hybridized carbons (Fsp3) is 0.158. The number of H-pyrrole nitrogens is 1. The molecule has 136 valence electrons. The predicted molar refractivity (Wildman–Crippen MR) is 98.2 cm³/mol. The molecule has 0 fully saturated rings. The number of para-hydroxylation sites is 1. The Hall–Kier alpha value is -3.68. The van der Waals surface area contributed by atoms with Gasteiger partial charge >= 0.3 is 0 Å². The van der Waals surface area contributed by atoms with Gasteiger partial charge in [-0.3, -0.25) is 4.79 Å². The van der Waals surface area contributed by atoms with Crippen molar-refractivity contribution in [3.8, 4) is 17.3 Å². The zero-order valence-corrected chi connectivity index (χ0v) is 14.6. The van der Waals surface area contributed by atoms with Crippen molar-refractivity contribution in [3.05, 3.63) is 60.2 Å². The Balaban J connectivity index is 1.43. The molecule has 0 unspecified atom stereocenters. The number of nitrogens with one attached hydrogen (secondary N) is 2. The number of carbonyl (C=O) groups excluding carboxylic acids is 1. The number of carbonyl (C=O) groups is 1. The number of nitrogens with zero attached hydrogens (tertiary/aromatic N) is 3. The van der Waals surface area contributed by atoms with Gasteiger partial charge in [0.05, 0.1) is 18.7 Å². The minimum atomic E-state index is -0.213. The highest BCUT2D eigenvalue weighted by Gasteiger charge is 2.14. The van der Waals surface area contributed by atoms with E-state index in [1.165, 1.54) is 0 Å². The summed E-state index contributed by atoms with van der Waals surface area (Å²) >= 11 is 0. The van der Waals surface area contributed by atoms with Crippen molar-refractivity contribution in [1.29, 1.82) is 0 Å². The molecule has 4 aromatic rings. The Kier molecular flexibility index (Phi) is 4.52. The van der Waals surface area contributed by atoms with Gasteiger partial charge < -0.3 is 19.6 Å². The highest BCUT2D eigenvalue weighted by Crippen LogP contribution is 2.19. The fourth-order valence-corrected chi connectivity index (χ4v) is 2.70. The molecule has 0 radical (unpaired) electrons. The van der Waals surface area contributed by atoms with Crippen LogP contribution in [0.25, 0.3) is 22.3 Å². The highest BCUT2D eigenvalue weighted by molar-refractivity contribution is 6.06. The Morgan fingerprint density at radius 2 is 2.15 bits per heavy atom. The summed E-state index contributed by atoms with van der Waals surface area (Å²) in [5.74, 6) is 1.04. The third-order valence-corrected chi connectivity index (χ3v) is 3.99. The van der Waals surface area contributed by atoms with Gasteiger partial charge in [0.2, 0.25) is 17.6 Å². The molecule has 0 spiro atoms. The molecule has 4 rings (SSSR count). The van der Waals surface area contributed by atoms with E-state index in [9.17, 15) is 4.79 Å². The van der Waals surface area contributed by atoms with Crippen molar-refractivity contribution in [2.75, 3.05) is 6.61 Å². The van der Waals surface area contributed by atoms with E-state index in [2.05, 4.69) is 25.4 Å². The van der Waals surface area contributed by atoms with E-state index in [0.717, 1.165) is 10.9 Å². The van der Waals surface area contributed by atoms with Gasteiger partial charge in [0.15, 0.2) is 0 Å². The first-order chi connectivity index (χ1) is 13.2. The summed E-state index contributed by atoms with van der Waals surface area (Å²) in [6.45, 7) is 2.58. The second-order valence-electron chi connectivity index (χ2n) is 5.76. The van der Waals surface area contributed by atoms with E-state index in [0.29, 0.717) is 35.3 Å². The molecule has 0 atom stereocenters. The third kappa shape index (κ3) is 3.50. The van der Waals surface area contributed by atoms with E-state index in [1.807, 2.05) is 31.2 Å². The Labute approximate surface area is 154 Å². The Morgan fingerprint density at radius 3 is 2.96 bits per heavy atom. The summed E-state index contributed by atoms with van der Waals surface area (Å²) in [7, 11) is 0. The highest BCUT2D eigenvalue weighted by atomic mass is 16.5. The number of benzene rings is 1. The number of aromatic nitrogens is 4. The van der Waals surface area contributed by atoms with Crippen LogP contribution < -0.4 is 10.1 Å². The number of hydrogen-bond donors (Lipinski definition) is 2. The molecule has 0 aliphatic heterocycles. The molecule has 8 heteroatoms. The Bertz CT molecular complexity index is 1070. The van der Waals surface area contributed by atoms with Crippen LogP contribution in [0.3, 0.4) is 0 Å². The molecule has 3 aromatic heterocycles. The van der Waals surface area contributed by atoms with Crippen molar-refractivity contribution in [1.82, 2.24) is 25.4 Å². The van der Waals surface area contributed by atoms with Gasteiger partial charge in [0, 0.05) is 34.9 Å². The summed E-state index contributed by atoms with van der Waals surface area (Å²) in [5, 5.41) is 7.58. The van der Waals surface area contributed by atoms with E-state index in [1.54, 1.807) is 24.5 Å². The molecule has 0 bridgehead atoms. The number of ether oxygens (including phenoxy) is 1. The quantitative estimate of drug-likeness (QED) is 0.545. The maximum atomic E-state index is 12.4. The average Bonchev–Trinajstić information content (AvgIpc) is 3.34. The van der Waals surface area contributed by atoms with Crippen LogP contribution in [0.15, 0.2) is 53.3 Å². The van der Waals surface area contributed by atoms with Crippen LogP contribution >= 0.6 is 0 Å². The summed E-state index contributed by atoms with van der Waals surface area (Å²) in [6.07, 6.45) is 3.30. The van der Waals surface area contributed by atoms with Crippen LogP contribution in [0.2, 0.25) is 0 Å². The lowest BCUT2D eigenvalue weighted by molar-refractivity contribution is 0.0948. The van der Waals surface area contributed by atoms with Gasteiger partial charge in [-0.25, -0.2) is 4.98 Å². The second-order valence-corrected chi connectivity index (χ2v) is 5.76. The first-order valence-corrected chi connectivity index (χ1v) is 8.50. The zero-order valence-electron chi connectivity index (χ0n) is 14.6. The lowest BCUT2D eigenvalue weighted by Crippen LogP contribution is -2.22. The minimum absolute atomic E-state index is 0.135. The average molecular weight is 363 g/mol. The van der Waals surface area contributed by atoms with Crippen molar-refractivity contribution in [2.24, 2.45) is 0 Å². The molecule has 1 amide bonds. The molecule has 3 heterocycles. The minimum Gasteiger partial charge on any atom is -0.478 e. The number of fused-ring (bicyclic) bond motifs is 1. The van der Waals surface area contributed by atoms with Gasteiger partial charge in [-0.2, -0.15) is 4.98 Å². The molecule has 0 aliphatic carbocycles. The first kappa shape index (κ1) is 16.8. The van der Waals surface area contributed by atoms with Crippen molar-refractivity contribution in [2.45, 2.75) is 13.5 Å². The van der Waals surface area contributed by atoms with Gasteiger partial charge in [0.1, 0.15) is 0 Å². The number of hydrogen-bond acceptors (Lipinski definition) is 6. The molecule has 0 saturated heterocycles. The molecule has 0 aliphatic rings. The molecular formula is C19H17N5O3. The molecule has 1 aromatic carbocycles. The third-order valence-electron chi connectivity index (χ3n) is 3.99. The van der Waals surface area contributed by atoms with Gasteiger partial charge in [-0.1, -0.05) is 23.4 Å². The number of pyridine rings is 1. The van der Waals surface area contributed by atoms with Crippen LogP contribution in [0.4, 0.5) is 0 Å². The van der Waals surface area contributed by atoms with E-state index in [4.69, 9.17) is 9.26 Å². The SMILES string of the molecule is CCOc1ccc(-c2noc(CNC(=O)c3c[nH]c4ccccc34)n2)cn1. The monoisotopic (exact) mass is 363 g/mol. The summed E-state index contributed by atoms with van der Waals surface area (Å²) in [6, 6.07) is 11.2. The zero-order chi connectivity index (χ0) is 18.6. The largest absolute Gasteiger partial charge is 0.478 e. The smallest absolute Gasteiger partial charge is 0.253 e. The van der Waals surface area contributed by atoms with Crippen LogP contribution in [0.5, 0.6) is 5.88 Å². The van der Waals surface area contributed by atoms with Crippen molar-refractivity contribution in [3.63, 3.8) is 0 Å².